The number of halogens is 1. The highest BCUT2D eigenvalue weighted by atomic mass is 35.5. The third-order valence-corrected chi connectivity index (χ3v) is 6.46. The second-order valence-corrected chi connectivity index (χ2v) is 8.95. The Morgan fingerprint density at radius 3 is 2.65 bits per heavy atom. The largest absolute Gasteiger partial charge is 0.379 e. The summed E-state index contributed by atoms with van der Waals surface area (Å²) in [5.74, 6) is 1.93. The minimum Gasteiger partial charge on any atom is -0.379 e. The minimum absolute atomic E-state index is 0.603. The highest BCUT2D eigenvalue weighted by Crippen LogP contribution is 2.20. The van der Waals surface area contributed by atoms with Crippen LogP contribution in [0.5, 0.6) is 0 Å². The van der Waals surface area contributed by atoms with Crippen molar-refractivity contribution >= 4 is 29.1 Å². The van der Waals surface area contributed by atoms with Crippen molar-refractivity contribution in [2.24, 2.45) is 0 Å². The molecule has 1 fully saturated rings. The predicted octanol–water partition coefficient (Wildman–Crippen LogP) is 4.21. The summed E-state index contributed by atoms with van der Waals surface area (Å²) in [6.45, 7) is 6.17. The zero-order chi connectivity index (χ0) is 21.3. The number of aromatic nitrogens is 3. The van der Waals surface area contributed by atoms with E-state index in [1.807, 2.05) is 24.3 Å². The molecule has 2 heterocycles. The number of thioether (sulfide) groups is 1. The summed E-state index contributed by atoms with van der Waals surface area (Å²) in [6, 6.07) is 18.3. The Bertz CT molecular complexity index is 946. The quantitative estimate of drug-likeness (QED) is 0.460. The van der Waals surface area contributed by atoms with E-state index in [0.717, 1.165) is 73.3 Å². The Morgan fingerprint density at radius 2 is 1.84 bits per heavy atom. The number of anilines is 1. The maximum absolute atomic E-state index is 6.11. The van der Waals surface area contributed by atoms with Crippen LogP contribution >= 0.6 is 23.4 Å². The lowest BCUT2D eigenvalue weighted by Gasteiger charge is -2.26. The number of hydrogen-bond acceptors (Lipinski definition) is 6. The molecule has 2 aromatic carbocycles. The Kier molecular flexibility index (Phi) is 8.24. The summed E-state index contributed by atoms with van der Waals surface area (Å²) < 4.78 is 7.69. The van der Waals surface area contributed by atoms with Crippen LogP contribution in [0.1, 0.15) is 11.4 Å². The average Bonchev–Trinajstić information content (AvgIpc) is 3.19. The van der Waals surface area contributed by atoms with Gasteiger partial charge in [0.15, 0.2) is 11.0 Å². The maximum Gasteiger partial charge on any atom is 0.191 e. The molecule has 4 rings (SSSR count). The van der Waals surface area contributed by atoms with Crippen molar-refractivity contribution in [3.05, 3.63) is 71.0 Å². The number of nitrogens with zero attached hydrogens (tertiary/aromatic N) is 4. The smallest absolute Gasteiger partial charge is 0.191 e. The fraction of sp³-hybridized carbons (Fsp3) is 0.391. The molecule has 0 unspecified atom stereocenters. The van der Waals surface area contributed by atoms with E-state index in [9.17, 15) is 0 Å². The topological polar surface area (TPSA) is 55.2 Å². The van der Waals surface area contributed by atoms with Gasteiger partial charge in [-0.2, -0.15) is 0 Å². The van der Waals surface area contributed by atoms with Crippen LogP contribution in [0.15, 0.2) is 59.8 Å². The summed E-state index contributed by atoms with van der Waals surface area (Å²) in [4.78, 5) is 2.45. The molecule has 1 aliphatic heterocycles. The summed E-state index contributed by atoms with van der Waals surface area (Å²) in [7, 11) is 0. The van der Waals surface area contributed by atoms with E-state index in [1.54, 1.807) is 11.8 Å². The molecule has 0 spiro atoms. The first-order valence-electron chi connectivity index (χ1n) is 10.7. The van der Waals surface area contributed by atoms with Gasteiger partial charge in [-0.25, -0.2) is 0 Å². The van der Waals surface area contributed by atoms with Crippen molar-refractivity contribution < 1.29 is 4.74 Å². The van der Waals surface area contributed by atoms with Crippen LogP contribution in [0.25, 0.3) is 0 Å². The van der Waals surface area contributed by atoms with Crippen LogP contribution in [0, 0.1) is 0 Å². The van der Waals surface area contributed by atoms with Gasteiger partial charge in [-0.1, -0.05) is 59.8 Å². The normalized spacial score (nSPS) is 14.6. The molecule has 0 atom stereocenters. The van der Waals surface area contributed by atoms with E-state index < -0.39 is 0 Å². The fourth-order valence-corrected chi connectivity index (χ4v) is 4.71. The molecule has 0 bridgehead atoms. The van der Waals surface area contributed by atoms with E-state index in [0.29, 0.717) is 6.54 Å². The lowest BCUT2D eigenvalue weighted by molar-refractivity contribution is 0.0410. The lowest BCUT2D eigenvalue weighted by Crippen LogP contribution is -2.37. The van der Waals surface area contributed by atoms with Gasteiger partial charge in [0.25, 0.3) is 0 Å². The van der Waals surface area contributed by atoms with Gasteiger partial charge in [0.1, 0.15) is 0 Å². The Labute approximate surface area is 193 Å². The second-order valence-electron chi connectivity index (χ2n) is 7.45. The third kappa shape index (κ3) is 6.71. The number of morpholine rings is 1. The summed E-state index contributed by atoms with van der Waals surface area (Å²) in [5.41, 5.74) is 2.29. The Hall–Kier alpha value is -2.06. The Morgan fingerprint density at radius 1 is 1.00 bits per heavy atom. The van der Waals surface area contributed by atoms with Gasteiger partial charge in [0, 0.05) is 42.6 Å². The molecule has 31 heavy (non-hydrogen) atoms. The lowest BCUT2D eigenvalue weighted by atomic mass is 10.1. The van der Waals surface area contributed by atoms with Crippen LogP contribution in [-0.4, -0.2) is 58.3 Å². The number of nitrogens with one attached hydrogen (secondary N) is 1. The second kappa shape index (κ2) is 11.5. The van der Waals surface area contributed by atoms with Crippen molar-refractivity contribution in [2.45, 2.75) is 24.7 Å². The minimum atomic E-state index is 0.603. The molecule has 0 amide bonds. The predicted molar refractivity (Wildman–Crippen MR) is 127 cm³/mol. The molecule has 1 saturated heterocycles. The number of aryl methyl sites for hydroxylation is 1. The summed E-state index contributed by atoms with van der Waals surface area (Å²) >= 11 is 7.89. The zero-order valence-corrected chi connectivity index (χ0v) is 19.1. The van der Waals surface area contributed by atoms with Crippen molar-refractivity contribution in [1.82, 2.24) is 19.7 Å². The van der Waals surface area contributed by atoms with Crippen LogP contribution < -0.4 is 5.32 Å². The van der Waals surface area contributed by atoms with Crippen LogP contribution in [0.2, 0.25) is 5.02 Å². The van der Waals surface area contributed by atoms with Gasteiger partial charge in [-0.05, 0) is 30.2 Å². The van der Waals surface area contributed by atoms with Crippen LogP contribution in [-0.2, 0) is 24.2 Å². The number of ether oxygens (including phenoxy) is 1. The van der Waals surface area contributed by atoms with Crippen molar-refractivity contribution in [1.29, 1.82) is 0 Å². The van der Waals surface area contributed by atoms with Crippen molar-refractivity contribution in [2.75, 3.05) is 43.9 Å². The maximum atomic E-state index is 6.11. The number of benzene rings is 2. The molecule has 8 heteroatoms. The Balaban J connectivity index is 1.41. The van der Waals surface area contributed by atoms with E-state index in [-0.39, 0.29) is 0 Å². The zero-order valence-electron chi connectivity index (χ0n) is 17.5. The standard InChI is InChI=1S/C23H28ClN5OS/c24-20-7-4-8-21(17-20)25-18-22-26-27-23(31-16-13-28-11-14-30-15-12-28)29(22)10-9-19-5-2-1-3-6-19/h1-8,17,25H,9-16,18H2. The van der Waals surface area contributed by atoms with Gasteiger partial charge in [-0.3, -0.25) is 4.90 Å². The third-order valence-electron chi connectivity index (χ3n) is 5.28. The van der Waals surface area contributed by atoms with Crippen LogP contribution in [0.3, 0.4) is 0 Å². The van der Waals surface area contributed by atoms with Gasteiger partial charge >= 0.3 is 0 Å². The molecule has 1 aromatic heterocycles. The molecular weight excluding hydrogens is 430 g/mol. The molecule has 3 aromatic rings. The fourth-order valence-electron chi connectivity index (χ4n) is 3.54. The first-order valence-corrected chi connectivity index (χ1v) is 12.0. The molecule has 1 N–H and O–H groups in total. The highest BCUT2D eigenvalue weighted by molar-refractivity contribution is 7.99. The first-order chi connectivity index (χ1) is 15.3. The number of rotatable bonds is 10. The van der Waals surface area contributed by atoms with E-state index in [4.69, 9.17) is 16.3 Å². The molecule has 164 valence electrons. The van der Waals surface area contributed by atoms with Crippen molar-refractivity contribution in [3.63, 3.8) is 0 Å². The number of hydrogen-bond donors (Lipinski definition) is 1. The van der Waals surface area contributed by atoms with Gasteiger partial charge < -0.3 is 14.6 Å². The van der Waals surface area contributed by atoms with Crippen LogP contribution in [0.4, 0.5) is 5.69 Å². The summed E-state index contributed by atoms with van der Waals surface area (Å²) in [6.07, 6.45) is 0.945. The van der Waals surface area contributed by atoms with E-state index >= 15 is 0 Å². The molecule has 0 aliphatic carbocycles. The molecule has 0 radical (unpaired) electrons. The molecular formula is C23H28ClN5OS. The van der Waals surface area contributed by atoms with Gasteiger partial charge in [0.2, 0.25) is 0 Å². The molecule has 0 saturated carbocycles. The monoisotopic (exact) mass is 457 g/mol. The van der Waals surface area contributed by atoms with Crippen molar-refractivity contribution in [3.8, 4) is 0 Å². The molecule has 6 nitrogen and oxygen atoms in total. The summed E-state index contributed by atoms with van der Waals surface area (Å²) in [5, 5.41) is 14.1. The van der Waals surface area contributed by atoms with Gasteiger partial charge in [-0.15, -0.1) is 10.2 Å². The van der Waals surface area contributed by atoms with Gasteiger partial charge in [0.05, 0.1) is 19.8 Å². The average molecular weight is 458 g/mol. The SMILES string of the molecule is Clc1cccc(NCc2nnc(SCCN3CCOCC3)n2CCc2ccccc2)c1. The molecule has 1 aliphatic rings. The van der Waals surface area contributed by atoms with E-state index in [2.05, 4.69) is 55.3 Å². The van der Waals surface area contributed by atoms with E-state index in [1.165, 1.54) is 5.56 Å². The first kappa shape index (κ1) is 22.1. The highest BCUT2D eigenvalue weighted by Gasteiger charge is 2.15.